The molecule has 0 aromatic heterocycles. The number of benzene rings is 2. The maximum absolute atomic E-state index is 15.2. The normalized spacial score (nSPS) is 24.7. The fourth-order valence-electron chi connectivity index (χ4n) is 5.20. The average molecular weight is 464 g/mol. The van der Waals surface area contributed by atoms with Gasteiger partial charge in [-0.3, -0.25) is 4.90 Å². The molecule has 0 N–H and O–H groups in total. The number of para-hydroxylation sites is 1. The van der Waals surface area contributed by atoms with Crippen molar-refractivity contribution >= 4 is 29.9 Å². The molecule has 8 heteroatoms. The first-order valence-corrected chi connectivity index (χ1v) is 11.1. The summed E-state index contributed by atoms with van der Waals surface area (Å²) in [5.41, 5.74) is 3.22. The van der Waals surface area contributed by atoms with Gasteiger partial charge in [0.1, 0.15) is 12.4 Å². The molecule has 0 saturated carbocycles. The van der Waals surface area contributed by atoms with Crippen LogP contribution in [0, 0.1) is 5.82 Å². The minimum Gasteiger partial charge on any atom is -0.448 e. The molecule has 2 saturated heterocycles. The number of amides is 1. The van der Waals surface area contributed by atoms with Crippen LogP contribution in [0.1, 0.15) is 30.7 Å². The molecule has 2 fully saturated rings. The van der Waals surface area contributed by atoms with Crippen molar-refractivity contribution < 1.29 is 18.3 Å². The van der Waals surface area contributed by atoms with Crippen LogP contribution in [0.3, 0.4) is 0 Å². The number of hydrogen-bond acceptors (Lipinski definition) is 4. The lowest BCUT2D eigenvalue weighted by Crippen LogP contribution is -2.49. The van der Waals surface area contributed by atoms with Crippen molar-refractivity contribution in [3.8, 4) is 0 Å². The van der Waals surface area contributed by atoms with E-state index in [1.54, 1.807) is 17.0 Å². The number of piperidine rings is 1. The number of alkyl halides is 1. The quantitative estimate of drug-likeness (QED) is 0.442. The van der Waals surface area contributed by atoms with Gasteiger partial charge in [0.05, 0.1) is 6.54 Å². The molecule has 5 nitrogen and oxygen atoms in total. The van der Waals surface area contributed by atoms with Crippen LogP contribution in [0.15, 0.2) is 48.5 Å². The van der Waals surface area contributed by atoms with Crippen LogP contribution in [0.5, 0.6) is 0 Å². The third-order valence-corrected chi connectivity index (χ3v) is 6.73. The number of anilines is 2. The fourth-order valence-corrected chi connectivity index (χ4v) is 5.20. The van der Waals surface area contributed by atoms with Crippen molar-refractivity contribution in [2.75, 3.05) is 37.7 Å². The third kappa shape index (κ3) is 4.28. The monoisotopic (exact) mass is 463 g/mol. The summed E-state index contributed by atoms with van der Waals surface area (Å²) in [4.78, 5) is 17.4. The Bertz CT molecular complexity index is 945. The van der Waals surface area contributed by atoms with E-state index >= 15 is 4.39 Å². The van der Waals surface area contributed by atoms with Gasteiger partial charge in [0.25, 0.3) is 0 Å². The smallest absolute Gasteiger partial charge is 0.409 e. The highest BCUT2D eigenvalue weighted by Gasteiger charge is 2.45. The predicted molar refractivity (Wildman–Crippen MR) is 122 cm³/mol. The number of nitrogens with zero attached hydrogens (tertiary/aromatic N) is 3. The zero-order chi connectivity index (χ0) is 21.4. The lowest BCUT2D eigenvalue weighted by atomic mass is 9.88. The fraction of sp³-hybridized carbons (Fsp3) is 0.458. The number of unbranched alkanes of at least 4 members (excludes halogenated alkanes) is 1. The highest BCUT2D eigenvalue weighted by molar-refractivity contribution is 5.85. The van der Waals surface area contributed by atoms with Gasteiger partial charge < -0.3 is 14.5 Å². The van der Waals surface area contributed by atoms with Gasteiger partial charge in [0.2, 0.25) is 0 Å². The summed E-state index contributed by atoms with van der Waals surface area (Å²) in [6.45, 7) is 3.10. The molecule has 1 unspecified atom stereocenters. The molecule has 3 heterocycles. The van der Waals surface area contributed by atoms with Crippen molar-refractivity contribution in [3.05, 3.63) is 59.9 Å². The molecule has 0 bridgehead atoms. The lowest BCUT2D eigenvalue weighted by molar-refractivity contribution is 0.0292. The Hall–Kier alpha value is -2.38. The lowest BCUT2D eigenvalue weighted by Gasteiger charge is -2.41. The zero-order valence-corrected chi connectivity index (χ0v) is 18.6. The maximum atomic E-state index is 15.2. The molecular weight excluding hydrogens is 436 g/mol. The van der Waals surface area contributed by atoms with E-state index in [4.69, 9.17) is 4.74 Å². The Morgan fingerprint density at radius 2 is 1.78 bits per heavy atom. The third-order valence-electron chi connectivity index (χ3n) is 6.73. The summed E-state index contributed by atoms with van der Waals surface area (Å²) in [5.74, 6) is -0.0602. The number of rotatable bonds is 6. The Labute approximate surface area is 193 Å². The summed E-state index contributed by atoms with van der Waals surface area (Å²) in [5, 5.41) is 0. The number of carbonyl (C=O) groups excluding carboxylic acids is 1. The molecule has 3 atom stereocenters. The zero-order valence-electron chi connectivity index (χ0n) is 17.8. The van der Waals surface area contributed by atoms with Crippen molar-refractivity contribution in [2.45, 2.75) is 37.5 Å². The first-order chi connectivity index (χ1) is 15.1. The minimum absolute atomic E-state index is 0. The second-order valence-electron chi connectivity index (χ2n) is 8.55. The van der Waals surface area contributed by atoms with E-state index in [1.807, 2.05) is 17.0 Å². The molecule has 2 aromatic rings. The topological polar surface area (TPSA) is 36.0 Å². The van der Waals surface area contributed by atoms with Crippen LogP contribution in [0.2, 0.25) is 0 Å². The SMILES string of the molecule is Cl.O=C1OCCN1CCCCN1C[C@H]2c3ccccc3N(c3ccc(F)cc3)[C@@H]2CC1F. The second-order valence-corrected chi connectivity index (χ2v) is 8.55. The van der Waals surface area contributed by atoms with E-state index in [2.05, 4.69) is 17.0 Å². The van der Waals surface area contributed by atoms with Crippen LogP contribution in [0.25, 0.3) is 0 Å². The van der Waals surface area contributed by atoms with Crippen molar-refractivity contribution in [3.63, 3.8) is 0 Å². The van der Waals surface area contributed by atoms with Gasteiger partial charge in [-0.25, -0.2) is 13.6 Å². The number of fused-ring (bicyclic) bond motifs is 3. The van der Waals surface area contributed by atoms with Gasteiger partial charge in [-0.2, -0.15) is 0 Å². The molecule has 0 radical (unpaired) electrons. The van der Waals surface area contributed by atoms with Gasteiger partial charge in [-0.15, -0.1) is 12.4 Å². The highest BCUT2D eigenvalue weighted by Crippen LogP contribution is 2.49. The molecule has 0 spiro atoms. The van der Waals surface area contributed by atoms with Crippen molar-refractivity contribution in [1.82, 2.24) is 9.80 Å². The Morgan fingerprint density at radius 1 is 1.03 bits per heavy atom. The number of likely N-dealkylation sites (tertiary alicyclic amines) is 1. The second kappa shape index (κ2) is 9.63. The number of hydrogen-bond donors (Lipinski definition) is 0. The standard InChI is InChI=1S/C24H27F2N3O2.ClH/c25-17-7-9-18(10-8-17)29-21-6-2-1-5-19(21)20-16-28(23(26)15-22(20)29)12-4-3-11-27-13-14-31-24(27)30;/h1-2,5-10,20,22-23H,3-4,11-16H2;1H/t20-,22+,23?;/m0./s1. The van der Waals surface area contributed by atoms with E-state index in [0.29, 0.717) is 39.2 Å². The van der Waals surface area contributed by atoms with Crippen LogP contribution >= 0.6 is 12.4 Å². The van der Waals surface area contributed by atoms with Gasteiger partial charge in [0, 0.05) is 49.4 Å². The van der Waals surface area contributed by atoms with Gasteiger partial charge in [0.15, 0.2) is 6.30 Å². The molecule has 0 aliphatic carbocycles. The summed E-state index contributed by atoms with van der Waals surface area (Å²) in [6.07, 6.45) is 0.827. The molecular formula is C24H28ClF2N3O2. The van der Waals surface area contributed by atoms with Crippen LogP contribution in [-0.4, -0.2) is 61.0 Å². The predicted octanol–water partition coefficient (Wildman–Crippen LogP) is 5.09. The molecule has 5 rings (SSSR count). The number of cyclic esters (lactones) is 1. The number of halogens is 3. The van der Waals surface area contributed by atoms with Crippen LogP contribution in [0.4, 0.5) is 25.0 Å². The number of carbonyl (C=O) groups is 1. The van der Waals surface area contributed by atoms with Crippen LogP contribution < -0.4 is 4.90 Å². The summed E-state index contributed by atoms with van der Waals surface area (Å²) in [7, 11) is 0. The van der Waals surface area contributed by atoms with Crippen LogP contribution in [-0.2, 0) is 4.74 Å². The molecule has 3 aliphatic rings. The van der Waals surface area contributed by atoms with Crippen molar-refractivity contribution in [2.24, 2.45) is 0 Å². The average Bonchev–Trinajstić information content (AvgIpc) is 3.32. The summed E-state index contributed by atoms with van der Waals surface area (Å²) >= 11 is 0. The Morgan fingerprint density at radius 3 is 2.53 bits per heavy atom. The Balaban J connectivity index is 0.00000245. The molecule has 2 aromatic carbocycles. The first kappa shape index (κ1) is 22.8. The molecule has 32 heavy (non-hydrogen) atoms. The van der Waals surface area contributed by atoms with Gasteiger partial charge in [-0.1, -0.05) is 18.2 Å². The minimum atomic E-state index is -1.02. The first-order valence-electron chi connectivity index (χ1n) is 11.1. The van der Waals surface area contributed by atoms with E-state index in [9.17, 15) is 9.18 Å². The highest BCUT2D eigenvalue weighted by atomic mass is 35.5. The van der Waals surface area contributed by atoms with Gasteiger partial charge in [-0.05, 0) is 48.7 Å². The largest absolute Gasteiger partial charge is 0.448 e. The van der Waals surface area contributed by atoms with Crippen molar-refractivity contribution in [1.29, 1.82) is 0 Å². The number of ether oxygens (including phenoxy) is 1. The van der Waals surface area contributed by atoms with Gasteiger partial charge >= 0.3 is 6.09 Å². The molecule has 3 aliphatic heterocycles. The maximum Gasteiger partial charge on any atom is 0.409 e. The van der Waals surface area contributed by atoms with E-state index < -0.39 is 6.30 Å². The molecule has 1 amide bonds. The molecule has 172 valence electrons. The van der Waals surface area contributed by atoms with E-state index in [-0.39, 0.29) is 36.3 Å². The van der Waals surface area contributed by atoms with E-state index in [0.717, 1.165) is 24.2 Å². The summed E-state index contributed by atoms with van der Waals surface area (Å²) in [6, 6.07) is 14.7. The summed E-state index contributed by atoms with van der Waals surface area (Å²) < 4.78 is 33.6. The van der Waals surface area contributed by atoms with E-state index in [1.165, 1.54) is 17.7 Å². The Kier molecular flexibility index (Phi) is 6.86.